The lowest BCUT2D eigenvalue weighted by Crippen LogP contribution is -2.08. The molecule has 6 heteroatoms. The van der Waals surface area contributed by atoms with E-state index in [0.29, 0.717) is 11.6 Å². The minimum absolute atomic E-state index is 0.107. The van der Waals surface area contributed by atoms with Crippen LogP contribution in [-0.4, -0.2) is 22.8 Å². The Morgan fingerprint density at radius 2 is 2.16 bits per heavy atom. The van der Waals surface area contributed by atoms with Crippen LogP contribution < -0.4 is 0 Å². The molecule has 0 saturated carbocycles. The first-order chi connectivity index (χ1) is 9.22. The Balaban J connectivity index is 1.75. The summed E-state index contributed by atoms with van der Waals surface area (Å²) in [5.74, 6) is -0.131. The van der Waals surface area contributed by atoms with E-state index in [1.165, 1.54) is 11.8 Å². The number of cyclic esters (lactones) is 1. The van der Waals surface area contributed by atoms with Gasteiger partial charge in [0.1, 0.15) is 5.25 Å². The van der Waals surface area contributed by atoms with Crippen LogP contribution in [0.2, 0.25) is 5.02 Å². The fourth-order valence-electron chi connectivity index (χ4n) is 1.77. The number of halogens is 1. The fourth-order valence-corrected chi connectivity index (χ4v) is 3.94. The SMILES string of the molecule is O=C1OCCC1Sc1nc(-c2ccc(Cl)cc2)cs1. The maximum Gasteiger partial charge on any atom is 0.319 e. The predicted octanol–water partition coefficient (Wildman–Crippen LogP) is 3.87. The van der Waals surface area contributed by atoms with Crippen LogP contribution in [0, 0.1) is 0 Å². The highest BCUT2D eigenvalue weighted by molar-refractivity contribution is 8.02. The van der Waals surface area contributed by atoms with Crippen molar-refractivity contribution >= 4 is 40.7 Å². The zero-order valence-corrected chi connectivity index (χ0v) is 12.2. The van der Waals surface area contributed by atoms with E-state index < -0.39 is 0 Å². The number of nitrogens with zero attached hydrogens (tertiary/aromatic N) is 1. The Hall–Kier alpha value is -1.04. The molecule has 19 heavy (non-hydrogen) atoms. The van der Waals surface area contributed by atoms with Crippen LogP contribution in [0.5, 0.6) is 0 Å². The van der Waals surface area contributed by atoms with Crippen molar-refractivity contribution in [3.63, 3.8) is 0 Å². The van der Waals surface area contributed by atoms with E-state index in [0.717, 1.165) is 22.0 Å². The molecule has 3 rings (SSSR count). The number of hydrogen-bond donors (Lipinski definition) is 0. The van der Waals surface area contributed by atoms with E-state index in [-0.39, 0.29) is 11.2 Å². The van der Waals surface area contributed by atoms with E-state index in [4.69, 9.17) is 16.3 Å². The summed E-state index contributed by atoms with van der Waals surface area (Å²) in [6.07, 6.45) is 0.763. The number of benzene rings is 1. The lowest BCUT2D eigenvalue weighted by atomic mass is 10.2. The molecule has 1 unspecified atom stereocenters. The molecule has 1 saturated heterocycles. The van der Waals surface area contributed by atoms with Crippen molar-refractivity contribution in [2.75, 3.05) is 6.61 Å². The van der Waals surface area contributed by atoms with Gasteiger partial charge in [-0.05, 0) is 12.1 Å². The number of rotatable bonds is 3. The minimum atomic E-state index is -0.131. The minimum Gasteiger partial charge on any atom is -0.465 e. The summed E-state index contributed by atoms with van der Waals surface area (Å²) < 4.78 is 5.84. The second-order valence-electron chi connectivity index (χ2n) is 4.07. The Bertz CT molecular complexity index is 597. The molecular weight excluding hydrogens is 302 g/mol. The molecular formula is C13H10ClNO2S2. The van der Waals surface area contributed by atoms with E-state index in [9.17, 15) is 4.79 Å². The Morgan fingerprint density at radius 1 is 1.37 bits per heavy atom. The van der Waals surface area contributed by atoms with Gasteiger partial charge in [-0.2, -0.15) is 0 Å². The first-order valence-electron chi connectivity index (χ1n) is 5.77. The number of esters is 1. The molecule has 1 aliphatic rings. The monoisotopic (exact) mass is 311 g/mol. The first-order valence-corrected chi connectivity index (χ1v) is 7.91. The molecule has 98 valence electrons. The number of hydrogen-bond acceptors (Lipinski definition) is 5. The Labute approximate surface area is 124 Å². The van der Waals surface area contributed by atoms with Gasteiger partial charge in [-0.25, -0.2) is 4.98 Å². The number of ether oxygens (including phenoxy) is 1. The molecule has 0 amide bonds. The maximum atomic E-state index is 11.4. The molecule has 1 atom stereocenters. The molecule has 1 aromatic heterocycles. The Morgan fingerprint density at radius 3 is 2.84 bits per heavy atom. The summed E-state index contributed by atoms with van der Waals surface area (Å²) in [6, 6.07) is 7.57. The largest absolute Gasteiger partial charge is 0.465 e. The summed E-state index contributed by atoms with van der Waals surface area (Å²) in [7, 11) is 0. The smallest absolute Gasteiger partial charge is 0.319 e. The molecule has 2 heterocycles. The number of carbonyl (C=O) groups excluding carboxylic acids is 1. The van der Waals surface area contributed by atoms with Gasteiger partial charge in [0, 0.05) is 22.4 Å². The highest BCUT2D eigenvalue weighted by Crippen LogP contribution is 2.34. The van der Waals surface area contributed by atoms with E-state index in [2.05, 4.69) is 4.98 Å². The molecule has 3 nitrogen and oxygen atoms in total. The molecule has 0 bridgehead atoms. The second kappa shape index (κ2) is 5.53. The number of thiazole rings is 1. The van der Waals surface area contributed by atoms with E-state index >= 15 is 0 Å². The first kappa shape index (κ1) is 13.0. The van der Waals surface area contributed by atoms with Crippen molar-refractivity contribution in [3.8, 4) is 11.3 Å². The van der Waals surface area contributed by atoms with Crippen molar-refractivity contribution in [3.05, 3.63) is 34.7 Å². The van der Waals surface area contributed by atoms with Gasteiger partial charge in [-0.3, -0.25) is 4.79 Å². The van der Waals surface area contributed by atoms with Gasteiger partial charge in [0.05, 0.1) is 12.3 Å². The number of aromatic nitrogens is 1. The second-order valence-corrected chi connectivity index (χ2v) is 6.81. The predicted molar refractivity (Wildman–Crippen MR) is 77.8 cm³/mol. The quantitative estimate of drug-likeness (QED) is 0.807. The third-order valence-corrected chi connectivity index (χ3v) is 5.22. The normalized spacial score (nSPS) is 18.6. The van der Waals surface area contributed by atoms with Crippen LogP contribution in [0.15, 0.2) is 34.0 Å². The Kier molecular flexibility index (Phi) is 3.77. The summed E-state index contributed by atoms with van der Waals surface area (Å²) in [5, 5.41) is 2.60. The molecule has 0 spiro atoms. The van der Waals surface area contributed by atoms with E-state index in [1.807, 2.05) is 29.6 Å². The van der Waals surface area contributed by atoms with Gasteiger partial charge in [0.25, 0.3) is 0 Å². The molecule has 2 aromatic rings. The summed E-state index contributed by atoms with van der Waals surface area (Å²) in [5.41, 5.74) is 1.94. The standard InChI is InChI=1S/C13H10ClNO2S2/c14-9-3-1-8(2-4-9)10-7-18-13(15-10)19-11-5-6-17-12(11)16/h1-4,7,11H,5-6H2. The van der Waals surface area contributed by atoms with Crippen LogP contribution in [-0.2, 0) is 9.53 Å². The molecule has 1 aliphatic heterocycles. The highest BCUT2D eigenvalue weighted by Gasteiger charge is 2.28. The summed E-state index contributed by atoms with van der Waals surface area (Å²) >= 11 is 8.89. The maximum absolute atomic E-state index is 11.4. The van der Waals surface area contributed by atoms with Crippen LogP contribution >= 0.6 is 34.7 Å². The third-order valence-electron chi connectivity index (χ3n) is 2.75. The number of thioether (sulfide) groups is 1. The lowest BCUT2D eigenvalue weighted by Gasteiger charge is -2.00. The highest BCUT2D eigenvalue weighted by atomic mass is 35.5. The number of carbonyl (C=O) groups is 1. The van der Waals surface area contributed by atoms with E-state index in [1.54, 1.807) is 11.3 Å². The molecule has 1 aromatic carbocycles. The van der Waals surface area contributed by atoms with Crippen molar-refractivity contribution < 1.29 is 9.53 Å². The van der Waals surface area contributed by atoms with Gasteiger partial charge >= 0.3 is 5.97 Å². The topological polar surface area (TPSA) is 39.2 Å². The summed E-state index contributed by atoms with van der Waals surface area (Å²) in [4.78, 5) is 16.0. The zero-order valence-electron chi connectivity index (χ0n) is 9.84. The van der Waals surface area contributed by atoms with Gasteiger partial charge in [0.15, 0.2) is 4.34 Å². The lowest BCUT2D eigenvalue weighted by molar-refractivity contribution is -0.137. The molecule has 0 aliphatic carbocycles. The van der Waals surface area contributed by atoms with Crippen LogP contribution in [0.4, 0.5) is 0 Å². The molecule has 0 radical (unpaired) electrons. The zero-order chi connectivity index (χ0) is 13.2. The van der Waals surface area contributed by atoms with Gasteiger partial charge < -0.3 is 4.74 Å². The summed E-state index contributed by atoms with van der Waals surface area (Å²) in [6.45, 7) is 0.520. The fraction of sp³-hybridized carbons (Fsp3) is 0.231. The van der Waals surface area contributed by atoms with Crippen molar-refractivity contribution in [2.45, 2.75) is 16.0 Å². The average molecular weight is 312 g/mol. The van der Waals surface area contributed by atoms with Gasteiger partial charge in [-0.15, -0.1) is 11.3 Å². The van der Waals surface area contributed by atoms with Crippen molar-refractivity contribution in [2.24, 2.45) is 0 Å². The third kappa shape index (κ3) is 2.94. The van der Waals surface area contributed by atoms with Crippen LogP contribution in [0.3, 0.4) is 0 Å². The van der Waals surface area contributed by atoms with Gasteiger partial charge in [0.2, 0.25) is 0 Å². The molecule has 0 N–H and O–H groups in total. The van der Waals surface area contributed by atoms with Crippen molar-refractivity contribution in [1.29, 1.82) is 0 Å². The van der Waals surface area contributed by atoms with Gasteiger partial charge in [-0.1, -0.05) is 35.5 Å². The molecule has 1 fully saturated rings. The van der Waals surface area contributed by atoms with Crippen LogP contribution in [0.1, 0.15) is 6.42 Å². The average Bonchev–Trinajstić information content (AvgIpc) is 3.01. The van der Waals surface area contributed by atoms with Crippen LogP contribution in [0.25, 0.3) is 11.3 Å². The van der Waals surface area contributed by atoms with Crippen molar-refractivity contribution in [1.82, 2.24) is 4.98 Å².